The maximum absolute atomic E-state index is 13.0. The Morgan fingerprint density at radius 2 is 1.83 bits per heavy atom. The van der Waals surface area contributed by atoms with E-state index in [0.717, 1.165) is 12.1 Å². The van der Waals surface area contributed by atoms with Crippen LogP contribution in [0.15, 0.2) is 47.5 Å². The number of urea groups is 1. The van der Waals surface area contributed by atoms with E-state index in [-0.39, 0.29) is 17.0 Å². The number of carbonyl (C=O) groups excluding carboxylic acids is 1. The molecule has 1 saturated heterocycles. The number of sulfonamides is 1. The number of piperidine rings is 1. The molecule has 2 amide bonds. The van der Waals surface area contributed by atoms with Crippen molar-refractivity contribution in [2.45, 2.75) is 23.8 Å². The highest BCUT2D eigenvalue weighted by Gasteiger charge is 2.30. The van der Waals surface area contributed by atoms with Crippen LogP contribution in [0.25, 0.3) is 0 Å². The second kappa shape index (κ2) is 8.75. The van der Waals surface area contributed by atoms with Crippen molar-refractivity contribution >= 4 is 21.7 Å². The zero-order valence-electron chi connectivity index (χ0n) is 16.2. The Morgan fingerprint density at radius 1 is 1.17 bits per heavy atom. The number of aromatic nitrogens is 1. The lowest BCUT2D eigenvalue weighted by atomic mass is 10.1. The van der Waals surface area contributed by atoms with Gasteiger partial charge in [-0.15, -0.1) is 0 Å². The molecule has 1 aromatic carbocycles. The highest BCUT2D eigenvalue weighted by Crippen LogP contribution is 2.23. The smallest absolute Gasteiger partial charge is 0.321 e. The Balaban J connectivity index is 1.54. The molecule has 2 aromatic rings. The van der Waals surface area contributed by atoms with Gasteiger partial charge < -0.3 is 15.0 Å². The molecule has 0 saturated carbocycles. The number of pyridine rings is 1. The Morgan fingerprint density at radius 3 is 2.38 bits per heavy atom. The average molecular weight is 422 g/mol. The standard InChI is InChI=1S/C19H23FN4O4S/c1-23(2)19(25)22-15-5-8-18(21-13-15)28-16-9-11-24(12-10-16)29(26,27)17-6-3-14(20)4-7-17/h3-8,13,16H,9-12H2,1-2H3,(H,22,25). The number of anilines is 1. The van der Waals surface area contributed by atoms with Gasteiger partial charge in [-0.1, -0.05) is 0 Å². The molecule has 2 heterocycles. The number of benzene rings is 1. The van der Waals surface area contributed by atoms with E-state index in [9.17, 15) is 17.6 Å². The fraction of sp³-hybridized carbons (Fsp3) is 0.368. The lowest BCUT2D eigenvalue weighted by Gasteiger charge is -2.31. The lowest BCUT2D eigenvalue weighted by molar-refractivity contribution is 0.130. The van der Waals surface area contributed by atoms with Gasteiger partial charge in [-0.2, -0.15) is 4.31 Å². The molecule has 3 rings (SSSR count). The van der Waals surface area contributed by atoms with Crippen molar-refractivity contribution in [3.05, 3.63) is 48.4 Å². The molecule has 1 aliphatic heterocycles. The molecule has 0 unspecified atom stereocenters. The molecule has 1 aliphatic rings. The summed E-state index contributed by atoms with van der Waals surface area (Å²) in [4.78, 5) is 17.3. The summed E-state index contributed by atoms with van der Waals surface area (Å²) in [5.41, 5.74) is 0.552. The summed E-state index contributed by atoms with van der Waals surface area (Å²) in [7, 11) is -0.365. The van der Waals surface area contributed by atoms with Crippen molar-refractivity contribution in [1.82, 2.24) is 14.2 Å². The van der Waals surface area contributed by atoms with Gasteiger partial charge in [-0.3, -0.25) is 0 Å². The first-order valence-corrected chi connectivity index (χ1v) is 10.6. The van der Waals surface area contributed by atoms with E-state index in [2.05, 4.69) is 10.3 Å². The van der Waals surface area contributed by atoms with E-state index in [1.807, 2.05) is 0 Å². The predicted molar refractivity (Wildman–Crippen MR) is 106 cm³/mol. The summed E-state index contributed by atoms with van der Waals surface area (Å²) in [5, 5.41) is 2.69. The van der Waals surface area contributed by atoms with Crippen molar-refractivity contribution < 1.29 is 22.3 Å². The zero-order valence-corrected chi connectivity index (χ0v) is 17.0. The number of nitrogens with one attached hydrogen (secondary N) is 1. The summed E-state index contributed by atoms with van der Waals surface area (Å²) < 4.78 is 45.6. The number of rotatable bonds is 5. The lowest BCUT2D eigenvalue weighted by Crippen LogP contribution is -2.41. The summed E-state index contributed by atoms with van der Waals surface area (Å²) in [6.45, 7) is 0.614. The Labute approximate surface area is 169 Å². The summed E-state index contributed by atoms with van der Waals surface area (Å²) in [6, 6.07) is 7.92. The number of nitrogens with zero attached hydrogens (tertiary/aromatic N) is 3. The highest BCUT2D eigenvalue weighted by atomic mass is 32.2. The van der Waals surface area contributed by atoms with Crippen molar-refractivity contribution in [2.24, 2.45) is 0 Å². The molecule has 1 fully saturated rings. The third kappa shape index (κ3) is 5.21. The highest BCUT2D eigenvalue weighted by molar-refractivity contribution is 7.89. The molecule has 1 aromatic heterocycles. The second-order valence-electron chi connectivity index (χ2n) is 6.88. The van der Waals surface area contributed by atoms with E-state index in [1.165, 1.54) is 27.5 Å². The Hall–Kier alpha value is -2.72. The molecule has 8 nitrogen and oxygen atoms in total. The third-order valence-corrected chi connectivity index (χ3v) is 6.45. The first kappa shape index (κ1) is 21.0. The number of amides is 2. The molecule has 0 atom stereocenters. The molecule has 10 heteroatoms. The quantitative estimate of drug-likeness (QED) is 0.800. The SMILES string of the molecule is CN(C)C(=O)Nc1ccc(OC2CCN(S(=O)(=O)c3ccc(F)cc3)CC2)nc1. The van der Waals surface area contributed by atoms with Gasteiger partial charge in [0.2, 0.25) is 15.9 Å². The predicted octanol–water partition coefficient (Wildman–Crippen LogP) is 2.55. The molecule has 0 spiro atoms. The van der Waals surface area contributed by atoms with Crippen molar-refractivity contribution in [3.8, 4) is 5.88 Å². The van der Waals surface area contributed by atoms with Gasteiger partial charge in [0.1, 0.15) is 11.9 Å². The first-order valence-electron chi connectivity index (χ1n) is 9.12. The maximum atomic E-state index is 13.0. The van der Waals surface area contributed by atoms with Crippen LogP contribution in [0.3, 0.4) is 0 Å². The largest absolute Gasteiger partial charge is 0.474 e. The van der Waals surface area contributed by atoms with Gasteiger partial charge in [0.05, 0.1) is 16.8 Å². The van der Waals surface area contributed by atoms with Crippen LogP contribution in [0, 0.1) is 5.82 Å². The number of halogens is 1. The van der Waals surface area contributed by atoms with E-state index in [4.69, 9.17) is 4.74 Å². The number of hydrogen-bond donors (Lipinski definition) is 1. The van der Waals surface area contributed by atoms with Gasteiger partial charge in [0, 0.05) is 33.3 Å². The molecule has 0 radical (unpaired) electrons. The van der Waals surface area contributed by atoms with E-state index >= 15 is 0 Å². The average Bonchev–Trinajstić information content (AvgIpc) is 2.70. The fourth-order valence-corrected chi connectivity index (χ4v) is 4.35. The summed E-state index contributed by atoms with van der Waals surface area (Å²) >= 11 is 0. The van der Waals surface area contributed by atoms with Gasteiger partial charge in [-0.25, -0.2) is 22.6 Å². The molecule has 1 N–H and O–H groups in total. The Kier molecular flexibility index (Phi) is 6.33. The molecule has 156 valence electrons. The molecular weight excluding hydrogens is 399 g/mol. The molecule has 0 aliphatic carbocycles. The zero-order chi connectivity index (χ0) is 21.0. The van der Waals surface area contributed by atoms with Crippen LogP contribution in [0.4, 0.5) is 14.9 Å². The molecular formula is C19H23FN4O4S. The van der Waals surface area contributed by atoms with Crippen LogP contribution in [0.1, 0.15) is 12.8 Å². The summed E-state index contributed by atoms with van der Waals surface area (Å²) in [5.74, 6) is -0.0662. The molecule has 0 bridgehead atoms. The van der Waals surface area contributed by atoms with Gasteiger partial charge in [0.15, 0.2) is 0 Å². The van der Waals surface area contributed by atoms with Gasteiger partial charge in [0.25, 0.3) is 0 Å². The van der Waals surface area contributed by atoms with Gasteiger partial charge in [-0.05, 0) is 43.2 Å². The second-order valence-corrected chi connectivity index (χ2v) is 8.82. The van der Waals surface area contributed by atoms with Crippen LogP contribution in [-0.4, -0.2) is 61.9 Å². The van der Waals surface area contributed by atoms with E-state index in [1.54, 1.807) is 26.2 Å². The van der Waals surface area contributed by atoms with E-state index < -0.39 is 15.8 Å². The number of hydrogen-bond acceptors (Lipinski definition) is 5. The minimum Gasteiger partial charge on any atom is -0.474 e. The fourth-order valence-electron chi connectivity index (χ4n) is 2.88. The topological polar surface area (TPSA) is 91.8 Å². The number of ether oxygens (including phenoxy) is 1. The first-order chi connectivity index (χ1) is 13.8. The Bertz CT molecular complexity index is 941. The van der Waals surface area contributed by atoms with Crippen LogP contribution >= 0.6 is 0 Å². The van der Waals surface area contributed by atoms with Crippen LogP contribution in [-0.2, 0) is 10.0 Å². The summed E-state index contributed by atoms with van der Waals surface area (Å²) in [6.07, 6.45) is 2.37. The van der Waals surface area contributed by atoms with Crippen LogP contribution < -0.4 is 10.1 Å². The minimum atomic E-state index is -3.65. The third-order valence-electron chi connectivity index (χ3n) is 4.53. The normalized spacial score (nSPS) is 15.7. The van der Waals surface area contributed by atoms with E-state index in [0.29, 0.717) is 37.5 Å². The minimum absolute atomic E-state index is 0.0790. The van der Waals surface area contributed by atoms with Crippen molar-refractivity contribution in [2.75, 3.05) is 32.5 Å². The monoisotopic (exact) mass is 422 g/mol. The van der Waals surface area contributed by atoms with Crippen LogP contribution in [0.2, 0.25) is 0 Å². The van der Waals surface area contributed by atoms with Crippen LogP contribution in [0.5, 0.6) is 5.88 Å². The molecule has 29 heavy (non-hydrogen) atoms. The van der Waals surface area contributed by atoms with Crippen molar-refractivity contribution in [3.63, 3.8) is 0 Å². The van der Waals surface area contributed by atoms with Crippen molar-refractivity contribution in [1.29, 1.82) is 0 Å². The van der Waals surface area contributed by atoms with Gasteiger partial charge >= 0.3 is 6.03 Å². The number of carbonyl (C=O) groups is 1. The maximum Gasteiger partial charge on any atom is 0.321 e.